The number of carbonyl (C=O) groups excluding carboxylic acids is 2. The highest BCUT2D eigenvalue weighted by molar-refractivity contribution is 6.33. The van der Waals surface area contributed by atoms with Gasteiger partial charge < -0.3 is 9.84 Å². The number of benzene rings is 2. The van der Waals surface area contributed by atoms with Gasteiger partial charge in [-0.15, -0.1) is 11.6 Å². The van der Waals surface area contributed by atoms with Crippen LogP contribution in [0.5, 0.6) is 11.5 Å². The molecule has 1 aliphatic rings. The van der Waals surface area contributed by atoms with Gasteiger partial charge in [0.15, 0.2) is 0 Å². The number of β-lactam (4-membered cyclic amide) rings is 1. The lowest BCUT2D eigenvalue weighted by molar-refractivity contribution is -0.149. The number of nitrogens with zero attached hydrogens (tertiary/aromatic N) is 1. The fourth-order valence-corrected chi connectivity index (χ4v) is 2.97. The topological polar surface area (TPSA) is 78.9 Å². The fourth-order valence-electron chi connectivity index (χ4n) is 2.62. The maximum Gasteiger partial charge on any atom is 0.273 e. The maximum atomic E-state index is 12.3. The molecule has 7 heteroatoms. The van der Waals surface area contributed by atoms with E-state index in [0.717, 1.165) is 5.01 Å². The van der Waals surface area contributed by atoms with Gasteiger partial charge in [-0.3, -0.25) is 15.0 Å². The first-order chi connectivity index (χ1) is 11.5. The summed E-state index contributed by atoms with van der Waals surface area (Å²) in [6, 6.07) is 12.7. The lowest BCUT2D eigenvalue weighted by Crippen LogP contribution is -2.63. The Hall–Kier alpha value is -2.73. The molecule has 2 unspecified atom stereocenters. The van der Waals surface area contributed by atoms with E-state index in [0.29, 0.717) is 11.3 Å². The summed E-state index contributed by atoms with van der Waals surface area (Å²) in [6.45, 7) is 0. The second-order valence-electron chi connectivity index (χ2n) is 5.25. The molecule has 124 valence electrons. The normalized spacial score (nSPS) is 19.6. The Bertz CT molecular complexity index is 796. The van der Waals surface area contributed by atoms with Gasteiger partial charge in [0.1, 0.15) is 22.9 Å². The van der Waals surface area contributed by atoms with Gasteiger partial charge in [0.05, 0.1) is 12.7 Å². The van der Waals surface area contributed by atoms with Crippen LogP contribution in [0, 0.1) is 0 Å². The Morgan fingerprint density at radius 1 is 1.21 bits per heavy atom. The van der Waals surface area contributed by atoms with Gasteiger partial charge in [0.2, 0.25) is 0 Å². The number of ether oxygens (including phenoxy) is 1. The first-order valence-corrected chi connectivity index (χ1v) is 7.67. The average Bonchev–Trinajstić information content (AvgIpc) is 2.61. The largest absolute Gasteiger partial charge is 0.507 e. The van der Waals surface area contributed by atoms with Crippen molar-refractivity contribution >= 4 is 23.4 Å². The molecule has 0 saturated carbocycles. The van der Waals surface area contributed by atoms with Crippen LogP contribution in [-0.2, 0) is 4.79 Å². The molecule has 0 bridgehead atoms. The summed E-state index contributed by atoms with van der Waals surface area (Å²) < 4.78 is 5.29. The molecule has 24 heavy (non-hydrogen) atoms. The van der Waals surface area contributed by atoms with Crippen LogP contribution < -0.4 is 10.2 Å². The van der Waals surface area contributed by atoms with Gasteiger partial charge in [0.25, 0.3) is 11.8 Å². The van der Waals surface area contributed by atoms with Crippen molar-refractivity contribution in [3.8, 4) is 11.5 Å². The van der Waals surface area contributed by atoms with Crippen LogP contribution in [-0.4, -0.2) is 34.4 Å². The van der Waals surface area contributed by atoms with Gasteiger partial charge in [-0.25, -0.2) is 5.01 Å². The van der Waals surface area contributed by atoms with Crippen LogP contribution in [0.1, 0.15) is 22.0 Å². The summed E-state index contributed by atoms with van der Waals surface area (Å²) >= 11 is 6.14. The highest BCUT2D eigenvalue weighted by atomic mass is 35.5. The second kappa shape index (κ2) is 6.41. The average molecular weight is 347 g/mol. The molecule has 0 aromatic heterocycles. The van der Waals surface area contributed by atoms with Crippen LogP contribution in [0.4, 0.5) is 0 Å². The summed E-state index contributed by atoms with van der Waals surface area (Å²) in [4.78, 5) is 24.4. The number of hydrogen-bond donors (Lipinski definition) is 2. The minimum atomic E-state index is -0.800. The number of aromatic hydroxyl groups is 1. The van der Waals surface area contributed by atoms with Gasteiger partial charge >= 0.3 is 0 Å². The van der Waals surface area contributed by atoms with Gasteiger partial charge in [-0.1, -0.05) is 30.3 Å². The van der Waals surface area contributed by atoms with Gasteiger partial charge in [-0.2, -0.15) is 0 Å². The van der Waals surface area contributed by atoms with Crippen molar-refractivity contribution in [2.45, 2.75) is 11.4 Å². The number of halogens is 1. The zero-order valence-corrected chi connectivity index (χ0v) is 13.5. The maximum absolute atomic E-state index is 12.3. The van der Waals surface area contributed by atoms with E-state index in [4.69, 9.17) is 16.3 Å². The van der Waals surface area contributed by atoms with E-state index in [1.807, 2.05) is 0 Å². The van der Waals surface area contributed by atoms with E-state index >= 15 is 0 Å². The number of phenols is 1. The number of phenolic OH excluding ortho intramolecular Hbond substituents is 1. The van der Waals surface area contributed by atoms with E-state index in [1.165, 1.54) is 19.2 Å². The summed E-state index contributed by atoms with van der Waals surface area (Å²) in [5.74, 6) is -0.608. The van der Waals surface area contributed by atoms with E-state index < -0.39 is 23.2 Å². The van der Waals surface area contributed by atoms with E-state index in [-0.39, 0.29) is 11.3 Å². The van der Waals surface area contributed by atoms with Crippen LogP contribution in [0.3, 0.4) is 0 Å². The smallest absolute Gasteiger partial charge is 0.273 e. The molecule has 1 fully saturated rings. The first-order valence-electron chi connectivity index (χ1n) is 7.23. The molecule has 2 atom stereocenters. The zero-order valence-electron chi connectivity index (χ0n) is 12.8. The highest BCUT2D eigenvalue weighted by Gasteiger charge is 2.49. The molecule has 2 amide bonds. The quantitative estimate of drug-likeness (QED) is 0.657. The molecule has 0 radical (unpaired) electrons. The Morgan fingerprint density at radius 3 is 2.58 bits per heavy atom. The van der Waals surface area contributed by atoms with E-state index in [1.54, 1.807) is 36.4 Å². The summed E-state index contributed by atoms with van der Waals surface area (Å²) in [5.41, 5.74) is 3.26. The SMILES string of the molecule is COc1ccccc1C1C(Cl)C(=O)N1NC(=O)c1ccccc1O. The molecular weight excluding hydrogens is 332 g/mol. The number of carbonyl (C=O) groups is 2. The highest BCUT2D eigenvalue weighted by Crippen LogP contribution is 2.41. The molecule has 0 aliphatic carbocycles. The number of rotatable bonds is 4. The molecule has 3 rings (SSSR count). The number of para-hydroxylation sites is 2. The predicted octanol–water partition coefficient (Wildman–Crippen LogP) is 2.24. The second-order valence-corrected chi connectivity index (χ2v) is 5.73. The van der Waals surface area contributed by atoms with Crippen LogP contribution in [0.25, 0.3) is 0 Å². The van der Waals surface area contributed by atoms with E-state index in [9.17, 15) is 14.7 Å². The summed E-state index contributed by atoms with van der Waals surface area (Å²) in [5, 5.41) is 10.1. The van der Waals surface area contributed by atoms with Crippen molar-refractivity contribution in [3.05, 3.63) is 59.7 Å². The zero-order chi connectivity index (χ0) is 17.3. The van der Waals surface area contributed by atoms with Crippen molar-refractivity contribution < 1.29 is 19.4 Å². The molecule has 6 nitrogen and oxygen atoms in total. The van der Waals surface area contributed by atoms with Crippen molar-refractivity contribution in [3.63, 3.8) is 0 Å². The fraction of sp³-hybridized carbons (Fsp3) is 0.176. The molecule has 2 aromatic rings. The molecule has 0 spiro atoms. The molecule has 1 heterocycles. The Morgan fingerprint density at radius 2 is 1.88 bits per heavy atom. The van der Waals surface area contributed by atoms with Gasteiger partial charge in [-0.05, 0) is 18.2 Å². The Labute approximate surface area is 143 Å². The number of nitrogens with one attached hydrogen (secondary N) is 1. The summed E-state index contributed by atoms with van der Waals surface area (Å²) in [7, 11) is 1.52. The standard InChI is InChI=1S/C17H15ClN2O4/c1-24-13-9-5-3-7-11(13)15-14(18)17(23)20(15)19-16(22)10-6-2-4-8-12(10)21/h2-9,14-15,21H,1H3,(H,19,22). The number of alkyl halides is 1. The van der Waals surface area contributed by atoms with Crippen molar-refractivity contribution in [1.29, 1.82) is 0 Å². The Balaban J connectivity index is 1.86. The third-order valence-corrected chi connectivity index (χ3v) is 4.28. The number of methoxy groups -OCH3 is 1. The van der Waals surface area contributed by atoms with Crippen LogP contribution in [0.15, 0.2) is 48.5 Å². The lowest BCUT2D eigenvalue weighted by Gasteiger charge is -2.44. The first kappa shape index (κ1) is 16.1. The van der Waals surface area contributed by atoms with Crippen LogP contribution >= 0.6 is 11.6 Å². The lowest BCUT2D eigenvalue weighted by atomic mass is 9.94. The molecule has 1 aliphatic heterocycles. The predicted molar refractivity (Wildman–Crippen MR) is 87.8 cm³/mol. The van der Waals surface area contributed by atoms with Crippen molar-refractivity contribution in [2.75, 3.05) is 7.11 Å². The monoisotopic (exact) mass is 346 g/mol. The van der Waals surface area contributed by atoms with E-state index in [2.05, 4.69) is 5.43 Å². The molecule has 1 saturated heterocycles. The van der Waals surface area contributed by atoms with Gasteiger partial charge in [0, 0.05) is 5.56 Å². The third kappa shape index (κ3) is 2.65. The number of amides is 2. The van der Waals surface area contributed by atoms with Crippen molar-refractivity contribution in [1.82, 2.24) is 10.4 Å². The molecule has 2 N–H and O–H groups in total. The van der Waals surface area contributed by atoms with Crippen molar-refractivity contribution in [2.24, 2.45) is 0 Å². The van der Waals surface area contributed by atoms with Crippen LogP contribution in [0.2, 0.25) is 0 Å². The minimum absolute atomic E-state index is 0.0714. The third-order valence-electron chi connectivity index (χ3n) is 3.86. The molecular formula is C17H15ClN2O4. The number of hydrogen-bond acceptors (Lipinski definition) is 4. The molecule has 2 aromatic carbocycles. The summed E-state index contributed by atoms with van der Waals surface area (Å²) in [6.07, 6.45) is 0. The number of hydrazine groups is 1. The minimum Gasteiger partial charge on any atom is -0.507 e. The Kier molecular flexibility index (Phi) is 4.31.